The monoisotopic (exact) mass is 280 g/mol. The van der Waals surface area contributed by atoms with Crippen LogP contribution in [0.25, 0.3) is 0 Å². The molecule has 0 radical (unpaired) electrons. The average Bonchev–Trinajstić information content (AvgIpc) is 2.25. The quantitative estimate of drug-likeness (QED) is 0.691. The smallest absolute Gasteiger partial charge is 0.0866 e. The molecule has 0 heterocycles. The van der Waals surface area contributed by atoms with Gasteiger partial charge in [0.2, 0.25) is 0 Å². The molecule has 1 atom stereocenters. The molecule has 0 aliphatic carbocycles. The van der Waals surface area contributed by atoms with E-state index >= 15 is 0 Å². The maximum absolute atomic E-state index is 5.79. The minimum Gasteiger partial charge on any atom is -0.368 e. The second-order valence-electron chi connectivity index (χ2n) is 3.89. The van der Waals surface area contributed by atoms with Crippen molar-refractivity contribution in [1.82, 2.24) is 0 Å². The Kier molecular flexibility index (Phi) is 5.50. The van der Waals surface area contributed by atoms with E-state index in [1.165, 1.54) is 5.56 Å². The Balaban J connectivity index is 2.71. The van der Waals surface area contributed by atoms with Gasteiger partial charge in [0.05, 0.1) is 12.7 Å². The van der Waals surface area contributed by atoms with Gasteiger partial charge in [0.25, 0.3) is 0 Å². The first-order chi connectivity index (χ1) is 7.59. The summed E-state index contributed by atoms with van der Waals surface area (Å²) in [5.41, 5.74) is 2.30. The van der Waals surface area contributed by atoms with Crippen LogP contribution in [0.2, 0.25) is 0 Å². The molecule has 1 rings (SSSR count). The lowest BCUT2D eigenvalue weighted by molar-refractivity contribution is 0.0735. The van der Waals surface area contributed by atoms with Crippen LogP contribution in [-0.2, 0) is 4.74 Å². The Morgan fingerprint density at radius 1 is 1.31 bits per heavy atom. The van der Waals surface area contributed by atoms with Gasteiger partial charge in [-0.25, -0.2) is 0 Å². The van der Waals surface area contributed by atoms with Crippen molar-refractivity contribution >= 4 is 15.9 Å². The molecule has 0 aliphatic heterocycles. The summed E-state index contributed by atoms with van der Waals surface area (Å²) in [5, 5.41) is 0. The van der Waals surface area contributed by atoms with Gasteiger partial charge in [0.15, 0.2) is 0 Å². The fourth-order valence-corrected chi connectivity index (χ4v) is 1.58. The van der Waals surface area contributed by atoms with Crippen molar-refractivity contribution in [2.24, 2.45) is 0 Å². The topological polar surface area (TPSA) is 9.23 Å². The fourth-order valence-electron chi connectivity index (χ4n) is 1.45. The molecule has 16 heavy (non-hydrogen) atoms. The zero-order valence-electron chi connectivity index (χ0n) is 9.58. The van der Waals surface area contributed by atoms with Crippen molar-refractivity contribution in [2.45, 2.75) is 19.4 Å². The average molecular weight is 281 g/mol. The van der Waals surface area contributed by atoms with E-state index in [-0.39, 0.29) is 6.10 Å². The van der Waals surface area contributed by atoms with Gasteiger partial charge >= 0.3 is 0 Å². The number of halogens is 1. The van der Waals surface area contributed by atoms with Gasteiger partial charge in [-0.2, -0.15) is 0 Å². The van der Waals surface area contributed by atoms with Crippen LogP contribution in [0.15, 0.2) is 53.5 Å². The van der Waals surface area contributed by atoms with Crippen molar-refractivity contribution in [3.05, 3.63) is 59.1 Å². The Morgan fingerprint density at radius 2 is 1.94 bits per heavy atom. The molecule has 0 saturated heterocycles. The van der Waals surface area contributed by atoms with E-state index in [1.54, 1.807) is 0 Å². The van der Waals surface area contributed by atoms with E-state index < -0.39 is 0 Å². The number of rotatable bonds is 6. The molecule has 1 nitrogen and oxygen atoms in total. The molecule has 1 unspecified atom stereocenters. The Morgan fingerprint density at radius 3 is 2.44 bits per heavy atom. The minimum atomic E-state index is 0.0630. The molecule has 2 heteroatoms. The van der Waals surface area contributed by atoms with Crippen LogP contribution in [0.4, 0.5) is 0 Å². The van der Waals surface area contributed by atoms with Crippen molar-refractivity contribution in [3.8, 4) is 0 Å². The SMILES string of the molecule is C=C(C)CC(OCC(=C)Br)c1ccccc1. The van der Waals surface area contributed by atoms with Crippen LogP contribution in [0, 0.1) is 0 Å². The predicted molar refractivity (Wildman–Crippen MR) is 72.6 cm³/mol. The van der Waals surface area contributed by atoms with Gasteiger partial charge in [-0.05, 0) is 18.9 Å². The number of hydrogen-bond acceptors (Lipinski definition) is 1. The van der Waals surface area contributed by atoms with Gasteiger partial charge in [-0.3, -0.25) is 0 Å². The van der Waals surface area contributed by atoms with Crippen LogP contribution in [0.1, 0.15) is 25.0 Å². The zero-order chi connectivity index (χ0) is 12.0. The summed E-state index contributed by atoms with van der Waals surface area (Å²) < 4.78 is 6.65. The first kappa shape index (κ1) is 13.2. The summed E-state index contributed by atoms with van der Waals surface area (Å²) in [6, 6.07) is 10.2. The zero-order valence-corrected chi connectivity index (χ0v) is 11.2. The van der Waals surface area contributed by atoms with Gasteiger partial charge in [-0.15, -0.1) is 6.58 Å². The number of hydrogen-bond donors (Lipinski definition) is 0. The lowest BCUT2D eigenvalue weighted by Crippen LogP contribution is -2.06. The third-order valence-corrected chi connectivity index (χ3v) is 2.38. The van der Waals surface area contributed by atoms with E-state index in [0.29, 0.717) is 6.61 Å². The van der Waals surface area contributed by atoms with Crippen LogP contribution in [0.3, 0.4) is 0 Å². The highest BCUT2D eigenvalue weighted by atomic mass is 79.9. The van der Waals surface area contributed by atoms with Gasteiger partial charge in [0.1, 0.15) is 0 Å². The maximum Gasteiger partial charge on any atom is 0.0866 e. The number of ether oxygens (including phenoxy) is 1. The Labute approximate surface area is 106 Å². The molecule has 86 valence electrons. The molecule has 0 N–H and O–H groups in total. The van der Waals surface area contributed by atoms with Gasteiger partial charge in [-0.1, -0.05) is 58.4 Å². The highest BCUT2D eigenvalue weighted by Gasteiger charge is 2.11. The normalized spacial score (nSPS) is 12.1. The molecular weight excluding hydrogens is 264 g/mol. The third-order valence-electron chi connectivity index (χ3n) is 2.15. The second kappa shape index (κ2) is 6.66. The molecule has 0 bridgehead atoms. The van der Waals surface area contributed by atoms with E-state index in [0.717, 1.165) is 16.5 Å². The van der Waals surface area contributed by atoms with Gasteiger partial charge < -0.3 is 4.74 Å². The number of benzene rings is 1. The third kappa shape index (κ3) is 4.77. The second-order valence-corrected chi connectivity index (χ2v) is 5.01. The minimum absolute atomic E-state index is 0.0630. The standard InChI is InChI=1S/C14H17BrO/c1-11(2)9-14(16-10-12(3)15)13-7-5-4-6-8-13/h4-8,14H,1,3,9-10H2,2H3. The lowest BCUT2D eigenvalue weighted by atomic mass is 10.0. The van der Waals surface area contributed by atoms with Crippen LogP contribution < -0.4 is 0 Å². The molecule has 0 aliphatic rings. The van der Waals surface area contributed by atoms with Crippen molar-refractivity contribution in [1.29, 1.82) is 0 Å². The Bertz CT molecular complexity index is 356. The summed E-state index contributed by atoms with van der Waals surface area (Å²) in [4.78, 5) is 0. The van der Waals surface area contributed by atoms with Crippen LogP contribution >= 0.6 is 15.9 Å². The van der Waals surface area contributed by atoms with Crippen LogP contribution in [0.5, 0.6) is 0 Å². The summed E-state index contributed by atoms with van der Waals surface area (Å²) >= 11 is 3.30. The van der Waals surface area contributed by atoms with Gasteiger partial charge in [0, 0.05) is 4.48 Å². The first-order valence-corrected chi connectivity index (χ1v) is 6.03. The van der Waals surface area contributed by atoms with E-state index in [2.05, 4.69) is 41.2 Å². The molecule has 0 amide bonds. The van der Waals surface area contributed by atoms with E-state index in [4.69, 9.17) is 4.74 Å². The molecule has 1 aromatic rings. The van der Waals surface area contributed by atoms with E-state index in [9.17, 15) is 0 Å². The summed E-state index contributed by atoms with van der Waals surface area (Å²) in [6.45, 7) is 10.2. The highest BCUT2D eigenvalue weighted by Crippen LogP contribution is 2.25. The Hall–Kier alpha value is -0.860. The fraction of sp³-hybridized carbons (Fsp3) is 0.286. The summed E-state index contributed by atoms with van der Waals surface area (Å²) in [5.74, 6) is 0. The van der Waals surface area contributed by atoms with Crippen molar-refractivity contribution < 1.29 is 4.74 Å². The molecular formula is C14H17BrO. The van der Waals surface area contributed by atoms with Crippen LogP contribution in [-0.4, -0.2) is 6.61 Å². The molecule has 0 aromatic heterocycles. The van der Waals surface area contributed by atoms with Crippen molar-refractivity contribution in [3.63, 3.8) is 0 Å². The molecule has 0 fully saturated rings. The highest BCUT2D eigenvalue weighted by molar-refractivity contribution is 9.11. The molecule has 0 spiro atoms. The predicted octanol–water partition coefficient (Wildman–Crippen LogP) is 4.62. The maximum atomic E-state index is 5.79. The largest absolute Gasteiger partial charge is 0.368 e. The lowest BCUT2D eigenvalue weighted by Gasteiger charge is -2.18. The van der Waals surface area contributed by atoms with E-state index in [1.807, 2.05) is 25.1 Å². The molecule has 1 aromatic carbocycles. The summed E-state index contributed by atoms with van der Waals surface area (Å²) in [6.07, 6.45) is 0.901. The first-order valence-electron chi connectivity index (χ1n) is 5.24. The molecule has 0 saturated carbocycles. The summed E-state index contributed by atoms with van der Waals surface area (Å²) in [7, 11) is 0. The van der Waals surface area contributed by atoms with Crippen molar-refractivity contribution in [2.75, 3.05) is 6.61 Å².